The zero-order valence-electron chi connectivity index (χ0n) is 22.9. The maximum atomic E-state index is 12.2. The third-order valence-electron chi connectivity index (χ3n) is 6.72. The van der Waals surface area contributed by atoms with Crippen LogP contribution in [0, 0.1) is 11.3 Å². The van der Waals surface area contributed by atoms with E-state index < -0.39 is 0 Å². The quantitative estimate of drug-likeness (QED) is 0.102. The molecule has 9 heteroatoms. The Labute approximate surface area is 227 Å². The van der Waals surface area contributed by atoms with Crippen molar-refractivity contribution in [2.24, 2.45) is 11.3 Å². The Kier molecular flexibility index (Phi) is 19.1. The number of alkyl carbamates (subject to hydrolysis) is 1. The minimum atomic E-state index is -0.321. The molecule has 0 aromatic rings. The molecular formula is C27H50N2O5S2. The van der Waals surface area contributed by atoms with Crippen LogP contribution in [0.2, 0.25) is 0 Å². The van der Waals surface area contributed by atoms with Crippen molar-refractivity contribution in [2.75, 3.05) is 37.8 Å². The van der Waals surface area contributed by atoms with E-state index in [2.05, 4.69) is 31.4 Å². The summed E-state index contributed by atoms with van der Waals surface area (Å²) in [5.74, 6) is 1.34. The molecule has 7 nitrogen and oxygen atoms in total. The van der Waals surface area contributed by atoms with Gasteiger partial charge in [0.25, 0.3) is 0 Å². The second-order valence-electron chi connectivity index (χ2n) is 9.83. The van der Waals surface area contributed by atoms with E-state index in [1.165, 1.54) is 38.5 Å². The fraction of sp³-hybridized carbons (Fsp3) is 0.889. The highest BCUT2D eigenvalue weighted by molar-refractivity contribution is 8.76. The summed E-state index contributed by atoms with van der Waals surface area (Å²) in [6, 6.07) is 0. The van der Waals surface area contributed by atoms with E-state index in [1.54, 1.807) is 21.6 Å². The summed E-state index contributed by atoms with van der Waals surface area (Å²) in [7, 11) is 3.21. The number of ether oxygens (including phenoxy) is 2. The van der Waals surface area contributed by atoms with Crippen molar-refractivity contribution in [3.05, 3.63) is 0 Å². The van der Waals surface area contributed by atoms with Gasteiger partial charge in [0.2, 0.25) is 5.91 Å². The van der Waals surface area contributed by atoms with E-state index in [4.69, 9.17) is 9.47 Å². The van der Waals surface area contributed by atoms with Crippen LogP contribution in [0.15, 0.2) is 0 Å². The molecule has 1 fully saturated rings. The highest BCUT2D eigenvalue weighted by Gasteiger charge is 2.31. The standard InChI is InChI=1S/C27H50N2O5S2/c1-4-11-23(12-5-2)25(31)28-17-10-13-24(30)33-18-20-35-36-21-19-34-26(32)29-22-27(14-6-3)15-8-7-9-16-27/h23H,4-22H2,1-3H3,(H,28,31)(H,29,32). The first-order valence-electron chi connectivity index (χ1n) is 14.0. The molecule has 0 aliphatic heterocycles. The molecule has 1 rings (SSSR count). The van der Waals surface area contributed by atoms with E-state index >= 15 is 0 Å². The average molecular weight is 547 g/mol. The number of esters is 1. The van der Waals surface area contributed by atoms with E-state index in [0.717, 1.165) is 38.6 Å². The van der Waals surface area contributed by atoms with Crippen LogP contribution in [-0.2, 0) is 19.1 Å². The van der Waals surface area contributed by atoms with Crippen LogP contribution >= 0.6 is 21.6 Å². The topological polar surface area (TPSA) is 93.7 Å². The van der Waals surface area contributed by atoms with Gasteiger partial charge in [-0.3, -0.25) is 9.59 Å². The summed E-state index contributed by atoms with van der Waals surface area (Å²) in [5, 5.41) is 5.94. The lowest BCUT2D eigenvalue weighted by molar-refractivity contribution is -0.143. The molecule has 0 spiro atoms. The largest absolute Gasteiger partial charge is 0.465 e. The molecule has 36 heavy (non-hydrogen) atoms. The predicted molar refractivity (Wildman–Crippen MR) is 151 cm³/mol. The van der Waals surface area contributed by atoms with Crippen LogP contribution in [0.3, 0.4) is 0 Å². The Morgan fingerprint density at radius 3 is 2.11 bits per heavy atom. The Hall–Kier alpha value is -1.09. The predicted octanol–water partition coefficient (Wildman–Crippen LogP) is 6.50. The summed E-state index contributed by atoms with van der Waals surface area (Å²) in [6.45, 7) is 8.36. The lowest BCUT2D eigenvalue weighted by Gasteiger charge is -2.37. The van der Waals surface area contributed by atoms with Gasteiger partial charge in [-0.05, 0) is 43.9 Å². The van der Waals surface area contributed by atoms with Gasteiger partial charge < -0.3 is 20.1 Å². The van der Waals surface area contributed by atoms with Crippen molar-refractivity contribution in [3.63, 3.8) is 0 Å². The van der Waals surface area contributed by atoms with Gasteiger partial charge in [0.05, 0.1) is 0 Å². The van der Waals surface area contributed by atoms with Gasteiger partial charge in [-0.15, -0.1) is 0 Å². The molecular weight excluding hydrogens is 496 g/mol. The third kappa shape index (κ3) is 15.2. The van der Waals surface area contributed by atoms with Crippen molar-refractivity contribution >= 4 is 39.6 Å². The molecule has 0 heterocycles. The number of carbonyl (C=O) groups is 3. The first-order valence-corrected chi connectivity index (χ1v) is 16.5. The molecule has 0 radical (unpaired) electrons. The Balaban J connectivity index is 1.98. The molecule has 0 aromatic heterocycles. The van der Waals surface area contributed by atoms with Crippen LogP contribution in [-0.4, -0.2) is 55.8 Å². The average Bonchev–Trinajstić information content (AvgIpc) is 2.87. The van der Waals surface area contributed by atoms with Gasteiger partial charge in [0.15, 0.2) is 0 Å². The zero-order chi connectivity index (χ0) is 26.5. The number of rotatable bonds is 20. The van der Waals surface area contributed by atoms with Crippen LogP contribution in [0.1, 0.15) is 104 Å². The normalized spacial score (nSPS) is 14.9. The molecule has 2 N–H and O–H groups in total. The minimum absolute atomic E-state index is 0.0840. The maximum Gasteiger partial charge on any atom is 0.407 e. The molecule has 0 bridgehead atoms. The Morgan fingerprint density at radius 1 is 0.861 bits per heavy atom. The highest BCUT2D eigenvalue weighted by Crippen LogP contribution is 2.39. The third-order valence-corrected chi connectivity index (χ3v) is 9.05. The Morgan fingerprint density at radius 2 is 1.50 bits per heavy atom. The van der Waals surface area contributed by atoms with E-state index in [0.29, 0.717) is 44.1 Å². The fourth-order valence-corrected chi connectivity index (χ4v) is 6.55. The summed E-state index contributed by atoms with van der Waals surface area (Å²) in [6.07, 6.45) is 13.0. The van der Waals surface area contributed by atoms with Crippen LogP contribution in [0.25, 0.3) is 0 Å². The zero-order valence-corrected chi connectivity index (χ0v) is 24.5. The second-order valence-corrected chi connectivity index (χ2v) is 12.5. The molecule has 210 valence electrons. The smallest absolute Gasteiger partial charge is 0.407 e. The molecule has 0 saturated heterocycles. The van der Waals surface area contributed by atoms with Crippen molar-refractivity contribution in [1.82, 2.24) is 10.6 Å². The minimum Gasteiger partial charge on any atom is -0.465 e. The van der Waals surface area contributed by atoms with Crippen LogP contribution in [0.5, 0.6) is 0 Å². The number of amides is 2. The molecule has 0 aromatic carbocycles. The van der Waals surface area contributed by atoms with Crippen molar-refractivity contribution in [1.29, 1.82) is 0 Å². The number of nitrogens with one attached hydrogen (secondary N) is 2. The number of carbonyl (C=O) groups excluding carboxylic acids is 3. The molecule has 0 atom stereocenters. The second kappa shape index (κ2) is 20.9. The van der Waals surface area contributed by atoms with Crippen molar-refractivity contribution in [2.45, 2.75) is 104 Å². The highest BCUT2D eigenvalue weighted by atomic mass is 33.1. The number of hydrogen-bond acceptors (Lipinski definition) is 7. The Bertz CT molecular complexity index is 603. The van der Waals surface area contributed by atoms with Gasteiger partial charge in [-0.25, -0.2) is 4.79 Å². The monoisotopic (exact) mass is 546 g/mol. The molecule has 2 amide bonds. The maximum absolute atomic E-state index is 12.2. The lowest BCUT2D eigenvalue weighted by atomic mass is 9.71. The van der Waals surface area contributed by atoms with Gasteiger partial charge >= 0.3 is 12.1 Å². The van der Waals surface area contributed by atoms with E-state index in [-0.39, 0.29) is 29.3 Å². The first kappa shape index (κ1) is 32.9. The SMILES string of the molecule is CCCC(CCC)C(=O)NCCCC(=O)OCCSSCCOC(=O)NCC1(CCC)CCCCC1. The van der Waals surface area contributed by atoms with Crippen LogP contribution in [0.4, 0.5) is 4.79 Å². The van der Waals surface area contributed by atoms with Gasteiger partial charge in [0.1, 0.15) is 13.2 Å². The van der Waals surface area contributed by atoms with Gasteiger partial charge in [0, 0.05) is 36.9 Å². The van der Waals surface area contributed by atoms with Gasteiger partial charge in [-0.1, -0.05) is 80.9 Å². The summed E-state index contributed by atoms with van der Waals surface area (Å²) >= 11 is 0. The molecule has 0 unspecified atom stereocenters. The number of hydrogen-bond donors (Lipinski definition) is 2. The van der Waals surface area contributed by atoms with E-state index in [9.17, 15) is 14.4 Å². The van der Waals surface area contributed by atoms with Crippen LogP contribution < -0.4 is 10.6 Å². The van der Waals surface area contributed by atoms with Crippen molar-refractivity contribution < 1.29 is 23.9 Å². The molecule has 1 saturated carbocycles. The van der Waals surface area contributed by atoms with Gasteiger partial charge in [-0.2, -0.15) is 0 Å². The first-order chi connectivity index (χ1) is 17.5. The fourth-order valence-electron chi connectivity index (χ4n) is 4.90. The van der Waals surface area contributed by atoms with Crippen molar-refractivity contribution in [3.8, 4) is 0 Å². The summed E-state index contributed by atoms with van der Waals surface area (Å²) in [5.41, 5.74) is 0.258. The molecule has 1 aliphatic rings. The lowest BCUT2D eigenvalue weighted by Crippen LogP contribution is -2.39. The summed E-state index contributed by atoms with van der Waals surface area (Å²) < 4.78 is 10.6. The molecule has 1 aliphatic carbocycles. The van der Waals surface area contributed by atoms with E-state index in [1.807, 2.05) is 0 Å². The summed E-state index contributed by atoms with van der Waals surface area (Å²) in [4.78, 5) is 36.1.